The third-order valence-corrected chi connectivity index (χ3v) is 3.56. The van der Waals surface area contributed by atoms with Crippen molar-refractivity contribution in [2.24, 2.45) is 0 Å². The molecule has 2 aromatic carbocycles. The molecule has 2 aromatic rings. The van der Waals surface area contributed by atoms with E-state index < -0.39 is 0 Å². The molecule has 0 unspecified atom stereocenters. The highest BCUT2D eigenvalue weighted by atomic mass is 16.5. The van der Waals surface area contributed by atoms with Gasteiger partial charge in [-0.15, -0.1) is 0 Å². The molecule has 0 heterocycles. The molecular weight excluding hydrogens is 290 g/mol. The molecule has 23 heavy (non-hydrogen) atoms. The summed E-state index contributed by atoms with van der Waals surface area (Å²) >= 11 is 0. The number of carbonyl (C=O) groups is 1. The maximum atomic E-state index is 12.3. The third kappa shape index (κ3) is 4.33. The maximum Gasteiger partial charge on any atom is 0.180 e. The monoisotopic (exact) mass is 313 g/mol. The fourth-order valence-electron chi connectivity index (χ4n) is 2.42. The van der Waals surface area contributed by atoms with Crippen molar-refractivity contribution in [1.29, 1.82) is 0 Å². The summed E-state index contributed by atoms with van der Waals surface area (Å²) in [6.07, 6.45) is 0. The lowest BCUT2D eigenvalue weighted by atomic mass is 10.0. The van der Waals surface area contributed by atoms with Crippen LogP contribution in [0.1, 0.15) is 21.5 Å². The maximum absolute atomic E-state index is 12.3. The molecule has 0 atom stereocenters. The van der Waals surface area contributed by atoms with Gasteiger partial charge in [-0.2, -0.15) is 0 Å². The number of benzene rings is 2. The van der Waals surface area contributed by atoms with Crippen LogP contribution in [0.4, 0.5) is 0 Å². The van der Waals surface area contributed by atoms with Crippen LogP contribution in [0.25, 0.3) is 0 Å². The van der Waals surface area contributed by atoms with Crippen molar-refractivity contribution in [3.63, 3.8) is 0 Å². The Kier molecular flexibility index (Phi) is 5.77. The second kappa shape index (κ2) is 7.79. The molecule has 0 aromatic heterocycles. The van der Waals surface area contributed by atoms with Gasteiger partial charge in [0.1, 0.15) is 18.1 Å². The van der Waals surface area contributed by atoms with E-state index in [4.69, 9.17) is 9.47 Å². The van der Waals surface area contributed by atoms with Crippen LogP contribution in [0.2, 0.25) is 0 Å². The van der Waals surface area contributed by atoms with Crippen molar-refractivity contribution < 1.29 is 14.3 Å². The molecule has 0 radical (unpaired) electrons. The average molecular weight is 313 g/mol. The minimum Gasteiger partial charge on any atom is -0.496 e. The molecule has 0 bridgehead atoms. The molecule has 4 heteroatoms. The van der Waals surface area contributed by atoms with Gasteiger partial charge in [0.15, 0.2) is 5.78 Å². The van der Waals surface area contributed by atoms with E-state index >= 15 is 0 Å². The molecule has 4 nitrogen and oxygen atoms in total. The first kappa shape index (κ1) is 17.0. The van der Waals surface area contributed by atoms with Crippen molar-refractivity contribution in [3.05, 3.63) is 59.2 Å². The van der Waals surface area contributed by atoms with E-state index in [-0.39, 0.29) is 5.78 Å². The first-order valence-corrected chi connectivity index (χ1v) is 7.55. The van der Waals surface area contributed by atoms with Gasteiger partial charge >= 0.3 is 0 Å². The van der Waals surface area contributed by atoms with Crippen LogP contribution in [0.15, 0.2) is 42.5 Å². The lowest BCUT2D eigenvalue weighted by Gasteiger charge is -2.16. The smallest absolute Gasteiger partial charge is 0.180 e. The lowest BCUT2D eigenvalue weighted by Crippen LogP contribution is -2.22. The van der Waals surface area contributed by atoms with Gasteiger partial charge in [-0.05, 0) is 38.7 Å². The Morgan fingerprint density at radius 1 is 1.09 bits per heavy atom. The highest BCUT2D eigenvalue weighted by Crippen LogP contribution is 2.32. The fourth-order valence-corrected chi connectivity index (χ4v) is 2.42. The zero-order chi connectivity index (χ0) is 16.8. The number of hydrogen-bond acceptors (Lipinski definition) is 4. The zero-order valence-corrected chi connectivity index (χ0v) is 14.1. The Morgan fingerprint density at radius 3 is 2.39 bits per heavy atom. The van der Waals surface area contributed by atoms with Gasteiger partial charge in [-0.3, -0.25) is 4.79 Å². The fraction of sp³-hybridized carbons (Fsp3) is 0.316. The number of hydrogen-bond donors (Lipinski definition) is 0. The Hall–Kier alpha value is -2.33. The number of likely N-dealkylation sites (N-methyl/N-ethyl adjacent to an activating group) is 1. The van der Waals surface area contributed by atoms with E-state index in [9.17, 15) is 4.79 Å². The molecule has 122 valence electrons. The van der Waals surface area contributed by atoms with Crippen LogP contribution in [-0.4, -0.2) is 38.4 Å². The van der Waals surface area contributed by atoms with E-state index in [1.807, 2.05) is 62.3 Å². The summed E-state index contributed by atoms with van der Waals surface area (Å²) in [6, 6.07) is 13.6. The van der Waals surface area contributed by atoms with Crippen LogP contribution >= 0.6 is 0 Å². The number of Topliss-reactive ketones (excluding diaryl/α,β-unsaturated/α-hetero) is 1. The molecule has 0 N–H and O–H groups in total. The van der Waals surface area contributed by atoms with E-state index in [1.54, 1.807) is 13.2 Å². The second-order valence-electron chi connectivity index (χ2n) is 5.70. The summed E-state index contributed by atoms with van der Waals surface area (Å²) in [5.41, 5.74) is 2.53. The summed E-state index contributed by atoms with van der Waals surface area (Å²) < 4.78 is 11.3. The number of nitrogens with zero attached hydrogens (tertiary/aromatic N) is 1. The van der Waals surface area contributed by atoms with Crippen molar-refractivity contribution in [2.45, 2.75) is 13.5 Å². The molecule has 0 spiro atoms. The van der Waals surface area contributed by atoms with Crippen LogP contribution in [-0.2, 0) is 6.61 Å². The first-order chi connectivity index (χ1) is 11.0. The van der Waals surface area contributed by atoms with Gasteiger partial charge in [-0.25, -0.2) is 0 Å². The minimum absolute atomic E-state index is 0.0320. The van der Waals surface area contributed by atoms with Gasteiger partial charge < -0.3 is 14.4 Å². The van der Waals surface area contributed by atoms with Gasteiger partial charge in [0.05, 0.1) is 19.2 Å². The van der Waals surface area contributed by atoms with E-state index in [0.717, 1.165) is 16.9 Å². The minimum atomic E-state index is 0.0320. The van der Waals surface area contributed by atoms with Crippen LogP contribution in [0, 0.1) is 6.92 Å². The number of rotatable bonds is 7. The number of carbonyl (C=O) groups excluding carboxylic acids is 1. The lowest BCUT2D eigenvalue weighted by molar-refractivity contribution is 0.0954. The van der Waals surface area contributed by atoms with Crippen LogP contribution < -0.4 is 9.47 Å². The SMILES string of the molecule is COc1c(C(=O)CN(C)C)ccc(OCc2ccccc2)c1C. The topological polar surface area (TPSA) is 38.8 Å². The Labute approximate surface area is 137 Å². The summed E-state index contributed by atoms with van der Waals surface area (Å²) in [5.74, 6) is 1.35. The number of ether oxygens (including phenoxy) is 2. The predicted octanol–water partition coefficient (Wildman–Crippen LogP) is 3.33. The number of methoxy groups -OCH3 is 1. The molecule has 0 amide bonds. The van der Waals surface area contributed by atoms with E-state index in [1.165, 1.54) is 0 Å². The van der Waals surface area contributed by atoms with Gasteiger partial charge in [0, 0.05) is 5.56 Å². The Balaban J connectivity index is 2.21. The molecule has 0 saturated heterocycles. The highest BCUT2D eigenvalue weighted by Gasteiger charge is 2.17. The van der Waals surface area contributed by atoms with Gasteiger partial charge in [0.2, 0.25) is 0 Å². The predicted molar refractivity (Wildman–Crippen MR) is 91.4 cm³/mol. The highest BCUT2D eigenvalue weighted by molar-refractivity contribution is 6.00. The van der Waals surface area contributed by atoms with Crippen molar-refractivity contribution in [3.8, 4) is 11.5 Å². The summed E-state index contributed by atoms with van der Waals surface area (Å²) in [6.45, 7) is 2.74. The third-order valence-electron chi connectivity index (χ3n) is 3.56. The van der Waals surface area contributed by atoms with Gasteiger partial charge in [0.25, 0.3) is 0 Å². The van der Waals surface area contributed by atoms with Crippen molar-refractivity contribution in [1.82, 2.24) is 4.90 Å². The van der Waals surface area contributed by atoms with Gasteiger partial charge in [-0.1, -0.05) is 30.3 Å². The molecular formula is C19H23NO3. The first-order valence-electron chi connectivity index (χ1n) is 7.55. The molecule has 0 fully saturated rings. The quantitative estimate of drug-likeness (QED) is 0.735. The van der Waals surface area contributed by atoms with Crippen LogP contribution in [0.3, 0.4) is 0 Å². The second-order valence-corrected chi connectivity index (χ2v) is 5.70. The largest absolute Gasteiger partial charge is 0.496 e. The molecule has 0 aliphatic carbocycles. The normalized spacial score (nSPS) is 10.7. The molecule has 0 aliphatic heterocycles. The number of ketones is 1. The van der Waals surface area contributed by atoms with Crippen molar-refractivity contribution in [2.75, 3.05) is 27.7 Å². The van der Waals surface area contributed by atoms with E-state index in [2.05, 4.69) is 0 Å². The Morgan fingerprint density at radius 2 is 1.78 bits per heavy atom. The standard InChI is InChI=1S/C19H23NO3/c1-14-18(23-13-15-8-6-5-7-9-15)11-10-16(19(14)22-4)17(21)12-20(2)3/h5-11H,12-13H2,1-4H3. The van der Waals surface area contributed by atoms with Crippen LogP contribution in [0.5, 0.6) is 11.5 Å². The van der Waals surface area contributed by atoms with E-state index in [0.29, 0.717) is 24.5 Å². The summed E-state index contributed by atoms with van der Waals surface area (Å²) in [4.78, 5) is 14.2. The molecule has 0 saturated carbocycles. The zero-order valence-electron chi connectivity index (χ0n) is 14.1. The van der Waals surface area contributed by atoms with Crippen molar-refractivity contribution >= 4 is 5.78 Å². The average Bonchev–Trinajstić information content (AvgIpc) is 2.53. The molecule has 2 rings (SSSR count). The summed E-state index contributed by atoms with van der Waals surface area (Å²) in [7, 11) is 5.32. The summed E-state index contributed by atoms with van der Waals surface area (Å²) in [5, 5.41) is 0. The molecule has 0 aliphatic rings. The Bertz CT molecular complexity index is 666.